The minimum absolute atomic E-state index is 0.0712. The molecule has 14 heteroatoms. The monoisotopic (exact) mass is 550 g/mol. The summed E-state index contributed by atoms with van der Waals surface area (Å²) in [6, 6.07) is 4.81. The molecule has 5 rings (SSSR count). The molecule has 2 bridgehead atoms. The molecule has 0 aliphatic carbocycles. The summed E-state index contributed by atoms with van der Waals surface area (Å²) in [4.78, 5) is 29.3. The Morgan fingerprint density at radius 1 is 1.29 bits per heavy atom. The van der Waals surface area contributed by atoms with Gasteiger partial charge in [0.1, 0.15) is 12.7 Å². The second-order valence-electron chi connectivity index (χ2n) is 8.84. The number of nitrogens with zero attached hydrogens (tertiary/aromatic N) is 5. The van der Waals surface area contributed by atoms with Crippen molar-refractivity contribution in [2.24, 2.45) is 0 Å². The predicted molar refractivity (Wildman–Crippen MR) is 132 cm³/mol. The van der Waals surface area contributed by atoms with Crippen molar-refractivity contribution < 1.29 is 32.9 Å². The number of pyridine rings is 3. The van der Waals surface area contributed by atoms with E-state index in [4.69, 9.17) is 21.4 Å². The predicted octanol–water partition coefficient (Wildman–Crippen LogP) is 3.57. The molecule has 3 aromatic heterocycles. The van der Waals surface area contributed by atoms with Crippen LogP contribution in [0.1, 0.15) is 12.0 Å². The summed E-state index contributed by atoms with van der Waals surface area (Å²) < 4.78 is 45.2. The lowest BCUT2D eigenvalue weighted by Crippen LogP contribution is -2.48. The van der Waals surface area contributed by atoms with Crippen molar-refractivity contribution in [3.05, 3.63) is 53.4 Å². The highest BCUT2D eigenvalue weighted by Crippen LogP contribution is 2.43. The minimum atomic E-state index is -4.59. The van der Waals surface area contributed by atoms with E-state index in [1.807, 2.05) is 4.90 Å². The Labute approximate surface area is 219 Å². The summed E-state index contributed by atoms with van der Waals surface area (Å²) in [5.74, 6) is 0.398. The highest BCUT2D eigenvalue weighted by Gasteiger charge is 2.41. The van der Waals surface area contributed by atoms with Crippen LogP contribution in [0.2, 0.25) is 5.02 Å². The number of ether oxygens (including phenoxy) is 1. The van der Waals surface area contributed by atoms with Crippen LogP contribution in [0.3, 0.4) is 0 Å². The Kier molecular flexibility index (Phi) is 6.99. The van der Waals surface area contributed by atoms with Gasteiger partial charge in [0.2, 0.25) is 5.88 Å². The zero-order chi connectivity index (χ0) is 27.0. The van der Waals surface area contributed by atoms with Gasteiger partial charge in [-0.05, 0) is 24.6 Å². The molecule has 1 saturated heterocycles. The average Bonchev–Trinajstić information content (AvgIpc) is 3.31. The zero-order valence-electron chi connectivity index (χ0n) is 19.7. The summed E-state index contributed by atoms with van der Waals surface area (Å²) in [5, 5.41) is 21.3. The second kappa shape index (κ2) is 10.2. The first kappa shape index (κ1) is 25.9. The lowest BCUT2D eigenvalue weighted by Gasteiger charge is -2.36. The van der Waals surface area contributed by atoms with Crippen LogP contribution in [0.4, 0.5) is 35.2 Å². The molecule has 0 saturated carbocycles. The number of anilines is 3. The van der Waals surface area contributed by atoms with E-state index in [1.54, 1.807) is 12.1 Å². The van der Waals surface area contributed by atoms with Gasteiger partial charge in [-0.15, -0.1) is 0 Å². The largest absolute Gasteiger partial charge is 0.475 e. The number of aliphatic hydroxyl groups excluding tert-OH is 2. The van der Waals surface area contributed by atoms with Gasteiger partial charge >= 0.3 is 12.2 Å². The van der Waals surface area contributed by atoms with E-state index >= 15 is 0 Å². The summed E-state index contributed by atoms with van der Waals surface area (Å²) >= 11 is 6.46. The number of urea groups is 1. The first-order valence-electron chi connectivity index (χ1n) is 11.6. The molecule has 2 aliphatic heterocycles. The van der Waals surface area contributed by atoms with Crippen molar-refractivity contribution in [1.82, 2.24) is 15.0 Å². The Morgan fingerprint density at radius 3 is 2.87 bits per heavy atom. The molecule has 0 aromatic carbocycles. The van der Waals surface area contributed by atoms with E-state index in [-0.39, 0.29) is 40.6 Å². The molecule has 0 radical (unpaired) electrons. The number of hydrogen-bond acceptors (Lipinski definition) is 8. The second-order valence-corrected chi connectivity index (χ2v) is 9.25. The van der Waals surface area contributed by atoms with Gasteiger partial charge in [0.05, 0.1) is 34.6 Å². The summed E-state index contributed by atoms with van der Waals surface area (Å²) in [6.07, 6.45) is -1.64. The quantitative estimate of drug-likeness (QED) is 0.425. The van der Waals surface area contributed by atoms with Crippen LogP contribution in [0.25, 0.3) is 11.3 Å². The van der Waals surface area contributed by atoms with E-state index in [0.29, 0.717) is 30.9 Å². The van der Waals surface area contributed by atoms with Crippen molar-refractivity contribution in [3.8, 4) is 17.1 Å². The lowest BCUT2D eigenvalue weighted by molar-refractivity contribution is -0.137. The molecule has 3 N–H and O–H groups in total. The third kappa shape index (κ3) is 5.17. The number of nitrogens with one attached hydrogen (secondary N) is 1. The highest BCUT2D eigenvalue weighted by molar-refractivity contribution is 6.33. The van der Waals surface area contributed by atoms with Gasteiger partial charge in [-0.1, -0.05) is 11.6 Å². The molecule has 38 heavy (non-hydrogen) atoms. The molecule has 3 aromatic rings. The van der Waals surface area contributed by atoms with Crippen LogP contribution in [0.5, 0.6) is 5.88 Å². The molecule has 2 aliphatic rings. The van der Waals surface area contributed by atoms with Gasteiger partial charge in [0, 0.05) is 49.0 Å². The first-order valence-corrected chi connectivity index (χ1v) is 12.0. The number of fused-ring (bicyclic) bond motifs is 4. The number of carbonyl (C=O) groups is 1. The lowest BCUT2D eigenvalue weighted by atomic mass is 10.1. The zero-order valence-corrected chi connectivity index (χ0v) is 20.4. The van der Waals surface area contributed by atoms with E-state index < -0.39 is 30.5 Å². The third-order valence-electron chi connectivity index (χ3n) is 6.21. The fourth-order valence-corrected chi connectivity index (χ4v) is 4.65. The van der Waals surface area contributed by atoms with Crippen LogP contribution in [-0.4, -0.2) is 69.6 Å². The van der Waals surface area contributed by atoms with Crippen LogP contribution in [0.15, 0.2) is 42.9 Å². The summed E-state index contributed by atoms with van der Waals surface area (Å²) in [5.41, 5.74) is 0.163. The SMILES string of the molecule is O=C(Nc1ccnc(OCC(O)CO)c1)N1c2nc(-c3cncc(C(F)(F)F)c3)c(Cl)cc2N2CC[C@H]1C2. The van der Waals surface area contributed by atoms with Crippen molar-refractivity contribution in [1.29, 1.82) is 0 Å². The Morgan fingerprint density at radius 2 is 2.11 bits per heavy atom. The van der Waals surface area contributed by atoms with Gasteiger partial charge in [-0.3, -0.25) is 9.88 Å². The van der Waals surface area contributed by atoms with Gasteiger partial charge in [-0.25, -0.2) is 14.8 Å². The van der Waals surface area contributed by atoms with Crippen LogP contribution in [-0.2, 0) is 6.18 Å². The molecule has 200 valence electrons. The van der Waals surface area contributed by atoms with Crippen LogP contribution in [0, 0.1) is 0 Å². The van der Waals surface area contributed by atoms with Gasteiger partial charge in [0.15, 0.2) is 5.82 Å². The Balaban J connectivity index is 1.46. The minimum Gasteiger partial charge on any atom is -0.475 e. The maximum absolute atomic E-state index is 13.5. The van der Waals surface area contributed by atoms with E-state index in [0.717, 1.165) is 12.3 Å². The Hall–Kier alpha value is -3.68. The molecule has 2 amide bonds. The molecule has 1 fully saturated rings. The topological polar surface area (TPSA) is 124 Å². The standard InChI is InChI=1S/C24H22ClF3N6O4/c25-18-7-19-22(32-21(18)13-5-14(9-29-8-13)24(26,27)28)34(16-2-4-33(19)10-16)23(37)31-15-1-3-30-20(6-15)38-12-17(36)11-35/h1,3,5-9,16-17,35-36H,2,4,10-12H2,(H,30,31,37)/t16-,17?/m0/s1. The van der Waals surface area contributed by atoms with Crippen molar-refractivity contribution in [3.63, 3.8) is 0 Å². The van der Waals surface area contributed by atoms with Crippen molar-refractivity contribution >= 4 is 34.8 Å². The van der Waals surface area contributed by atoms with Gasteiger partial charge in [-0.2, -0.15) is 13.2 Å². The number of aliphatic hydroxyl groups is 2. The van der Waals surface area contributed by atoms with Crippen LogP contribution < -0.4 is 19.9 Å². The number of carbonyl (C=O) groups excluding carboxylic acids is 1. The number of hydrogen-bond donors (Lipinski definition) is 3. The van der Waals surface area contributed by atoms with E-state index in [9.17, 15) is 23.1 Å². The maximum Gasteiger partial charge on any atom is 0.417 e. The smallest absolute Gasteiger partial charge is 0.417 e. The number of rotatable bonds is 6. The van der Waals surface area contributed by atoms with Crippen molar-refractivity contribution in [2.45, 2.75) is 24.7 Å². The van der Waals surface area contributed by atoms with Crippen molar-refractivity contribution in [2.75, 3.05) is 41.4 Å². The number of alkyl halides is 3. The van der Waals surface area contributed by atoms with E-state index in [2.05, 4.69) is 20.3 Å². The van der Waals surface area contributed by atoms with Gasteiger partial charge in [0.25, 0.3) is 0 Å². The summed E-state index contributed by atoms with van der Waals surface area (Å²) in [7, 11) is 0. The molecule has 1 unspecified atom stereocenters. The summed E-state index contributed by atoms with van der Waals surface area (Å²) in [6.45, 7) is 0.548. The fourth-order valence-electron chi connectivity index (χ4n) is 4.40. The van der Waals surface area contributed by atoms with Crippen LogP contribution >= 0.6 is 11.6 Å². The average molecular weight is 551 g/mol. The first-order chi connectivity index (χ1) is 18.1. The number of aromatic nitrogens is 3. The molecule has 5 heterocycles. The fraction of sp³-hybridized carbons (Fsp3) is 0.333. The molecule has 2 atom stereocenters. The number of amides is 2. The maximum atomic E-state index is 13.5. The Bertz CT molecular complexity index is 1360. The van der Waals surface area contributed by atoms with Gasteiger partial charge < -0.3 is 25.2 Å². The molecule has 0 spiro atoms. The number of halogens is 4. The molecule has 10 nitrogen and oxygen atoms in total. The molecular weight excluding hydrogens is 529 g/mol. The molecular formula is C24H22ClF3N6O4. The normalized spacial score (nSPS) is 17.3. The van der Waals surface area contributed by atoms with E-state index in [1.165, 1.54) is 23.4 Å². The highest BCUT2D eigenvalue weighted by atomic mass is 35.5. The third-order valence-corrected chi connectivity index (χ3v) is 6.50.